The standard InChI is InChI=1S/C37H39ClF2N4O5S/c1-24-22-41-23-29(44(24)50(47,48)30-7-4-3-5-8-30)19-20-31-33(40)9-6-10-34(31)42-36(45)35(43-37(46)49-2)32(26-13-15-27(38)16-14-26)21-25-11-17-28(39)18-12-25/h3-18,24,29,32,35,41H,19-23H2,1-2H3,(H,42,45)(H,43,46)/t24-,29-,32-,35-/m0/s1. The summed E-state index contributed by atoms with van der Waals surface area (Å²) in [5.41, 5.74) is 1.73. The summed E-state index contributed by atoms with van der Waals surface area (Å²) in [6.07, 6.45) is -0.276. The second-order valence-corrected chi connectivity index (χ2v) is 14.5. The Morgan fingerprint density at radius 3 is 2.34 bits per heavy atom. The number of rotatable bonds is 12. The first-order valence-corrected chi connectivity index (χ1v) is 18.0. The van der Waals surface area contributed by atoms with Gasteiger partial charge in [0.2, 0.25) is 15.9 Å². The normalized spacial score (nSPS) is 17.8. The maximum absolute atomic E-state index is 15.5. The van der Waals surface area contributed by atoms with E-state index in [9.17, 15) is 22.4 Å². The third-order valence-electron chi connectivity index (χ3n) is 8.85. The van der Waals surface area contributed by atoms with Crippen LogP contribution in [-0.4, -0.2) is 63.0 Å². The number of carbonyl (C=O) groups excluding carboxylic acids is 2. The van der Waals surface area contributed by atoms with Gasteiger partial charge in [0.15, 0.2) is 0 Å². The van der Waals surface area contributed by atoms with Crippen LogP contribution in [0.2, 0.25) is 5.02 Å². The minimum absolute atomic E-state index is 0.105. The summed E-state index contributed by atoms with van der Waals surface area (Å²) in [5.74, 6) is -2.32. The molecule has 50 heavy (non-hydrogen) atoms. The van der Waals surface area contributed by atoms with E-state index < -0.39 is 51.7 Å². The van der Waals surface area contributed by atoms with E-state index in [1.165, 1.54) is 35.7 Å². The first-order chi connectivity index (χ1) is 24.0. The number of nitrogens with one attached hydrogen (secondary N) is 3. The van der Waals surface area contributed by atoms with E-state index in [0.717, 1.165) is 0 Å². The van der Waals surface area contributed by atoms with Gasteiger partial charge in [0, 0.05) is 47.4 Å². The molecular weight excluding hydrogens is 686 g/mol. The average Bonchev–Trinajstić information content (AvgIpc) is 3.11. The van der Waals surface area contributed by atoms with Crippen molar-refractivity contribution < 1.29 is 31.5 Å². The summed E-state index contributed by atoms with van der Waals surface area (Å²) in [7, 11) is -2.67. The van der Waals surface area contributed by atoms with Crippen LogP contribution in [0.15, 0.2) is 102 Å². The summed E-state index contributed by atoms with van der Waals surface area (Å²) < 4.78 is 63.1. The summed E-state index contributed by atoms with van der Waals surface area (Å²) in [5, 5.41) is 9.20. The lowest BCUT2D eigenvalue weighted by Gasteiger charge is -2.40. The Hall–Kier alpha value is -4.36. The Morgan fingerprint density at radius 2 is 1.66 bits per heavy atom. The Labute approximate surface area is 296 Å². The van der Waals surface area contributed by atoms with Crippen LogP contribution in [0.3, 0.4) is 0 Å². The van der Waals surface area contributed by atoms with Crippen LogP contribution in [0.5, 0.6) is 0 Å². The molecule has 4 atom stereocenters. The molecule has 0 unspecified atom stereocenters. The zero-order chi connectivity index (χ0) is 35.8. The molecule has 1 fully saturated rings. The SMILES string of the molecule is COC(=O)N[C@H](C(=O)Nc1cccc(F)c1CC[C@H]1CNC[C@H](C)N1S(=O)(=O)c1ccccc1)[C@@H](Cc1ccc(F)cc1)c1ccc(Cl)cc1. The topological polar surface area (TPSA) is 117 Å². The number of piperazine rings is 1. The molecule has 0 saturated carbocycles. The fraction of sp³-hybridized carbons (Fsp3) is 0.297. The molecular formula is C37H39ClF2N4O5S. The fourth-order valence-corrected chi connectivity index (χ4v) is 8.37. The highest BCUT2D eigenvalue weighted by Gasteiger charge is 2.38. The molecule has 264 valence electrons. The number of benzene rings is 4. The molecule has 0 aliphatic carbocycles. The predicted molar refractivity (Wildman–Crippen MR) is 189 cm³/mol. The van der Waals surface area contributed by atoms with Crippen molar-refractivity contribution in [3.8, 4) is 0 Å². The van der Waals surface area contributed by atoms with E-state index in [1.54, 1.807) is 72.8 Å². The average molecular weight is 725 g/mol. The fourth-order valence-electron chi connectivity index (χ4n) is 6.37. The zero-order valence-electron chi connectivity index (χ0n) is 27.6. The number of hydrogen-bond acceptors (Lipinski definition) is 6. The van der Waals surface area contributed by atoms with Gasteiger partial charge in [-0.05, 0) is 85.8 Å². The molecule has 0 aromatic heterocycles. The van der Waals surface area contributed by atoms with E-state index in [2.05, 4.69) is 16.0 Å². The lowest BCUT2D eigenvalue weighted by molar-refractivity contribution is -0.118. The third kappa shape index (κ3) is 8.86. The number of carbonyl (C=O) groups is 2. The first kappa shape index (κ1) is 36.9. The number of nitrogens with zero attached hydrogens (tertiary/aromatic N) is 1. The smallest absolute Gasteiger partial charge is 0.407 e. The zero-order valence-corrected chi connectivity index (χ0v) is 29.2. The molecule has 4 aromatic carbocycles. The van der Waals surface area contributed by atoms with Gasteiger partial charge in [-0.15, -0.1) is 0 Å². The number of anilines is 1. The molecule has 1 aliphatic rings. The molecule has 0 bridgehead atoms. The third-order valence-corrected chi connectivity index (χ3v) is 11.2. The maximum Gasteiger partial charge on any atom is 0.407 e. The monoisotopic (exact) mass is 724 g/mol. The lowest BCUT2D eigenvalue weighted by atomic mass is 9.85. The summed E-state index contributed by atoms with van der Waals surface area (Å²) >= 11 is 6.15. The number of methoxy groups -OCH3 is 1. The first-order valence-electron chi connectivity index (χ1n) is 16.2. The van der Waals surface area contributed by atoms with Crippen molar-refractivity contribution in [1.82, 2.24) is 14.9 Å². The highest BCUT2D eigenvalue weighted by molar-refractivity contribution is 7.89. The maximum atomic E-state index is 15.5. The molecule has 2 amide bonds. The minimum Gasteiger partial charge on any atom is -0.453 e. The van der Waals surface area contributed by atoms with Crippen molar-refractivity contribution in [2.45, 2.75) is 55.1 Å². The van der Waals surface area contributed by atoms with Crippen LogP contribution in [0.25, 0.3) is 0 Å². The molecule has 1 heterocycles. The molecule has 3 N–H and O–H groups in total. The number of amides is 2. The second kappa shape index (κ2) is 16.6. The van der Waals surface area contributed by atoms with Crippen molar-refractivity contribution in [1.29, 1.82) is 0 Å². The van der Waals surface area contributed by atoms with Gasteiger partial charge < -0.3 is 20.7 Å². The Kier molecular flexibility index (Phi) is 12.2. The van der Waals surface area contributed by atoms with Gasteiger partial charge in [0.05, 0.1) is 12.0 Å². The van der Waals surface area contributed by atoms with E-state index in [4.69, 9.17) is 16.3 Å². The van der Waals surface area contributed by atoms with Crippen LogP contribution in [0.1, 0.15) is 36.0 Å². The van der Waals surface area contributed by atoms with Crippen LogP contribution < -0.4 is 16.0 Å². The lowest BCUT2D eigenvalue weighted by Crippen LogP contribution is -2.58. The number of ether oxygens (including phenoxy) is 1. The Bertz CT molecular complexity index is 1880. The molecule has 5 rings (SSSR count). The van der Waals surface area contributed by atoms with Gasteiger partial charge in [0.25, 0.3) is 0 Å². The van der Waals surface area contributed by atoms with E-state index in [1.807, 2.05) is 6.92 Å². The van der Waals surface area contributed by atoms with Gasteiger partial charge in [-0.25, -0.2) is 22.0 Å². The van der Waals surface area contributed by atoms with Gasteiger partial charge >= 0.3 is 6.09 Å². The number of sulfonamides is 1. The van der Waals surface area contributed by atoms with Gasteiger partial charge in [-0.2, -0.15) is 4.31 Å². The molecule has 1 aliphatic heterocycles. The van der Waals surface area contributed by atoms with E-state index in [-0.39, 0.29) is 41.5 Å². The van der Waals surface area contributed by atoms with Gasteiger partial charge in [-0.3, -0.25) is 4.79 Å². The predicted octanol–water partition coefficient (Wildman–Crippen LogP) is 6.29. The van der Waals surface area contributed by atoms with Crippen molar-refractivity contribution >= 4 is 39.3 Å². The molecule has 4 aromatic rings. The molecule has 0 radical (unpaired) electrons. The quantitative estimate of drug-likeness (QED) is 0.158. The van der Waals surface area contributed by atoms with Crippen LogP contribution in [0, 0.1) is 11.6 Å². The molecule has 9 nitrogen and oxygen atoms in total. The Balaban J connectivity index is 1.43. The van der Waals surface area contributed by atoms with Crippen molar-refractivity contribution in [3.63, 3.8) is 0 Å². The van der Waals surface area contributed by atoms with Crippen LogP contribution >= 0.6 is 11.6 Å². The number of alkyl carbamates (subject to hydrolysis) is 1. The molecule has 13 heteroatoms. The largest absolute Gasteiger partial charge is 0.453 e. The second-order valence-electron chi connectivity index (χ2n) is 12.2. The van der Waals surface area contributed by atoms with Crippen LogP contribution in [0.4, 0.5) is 19.3 Å². The highest BCUT2D eigenvalue weighted by Crippen LogP contribution is 2.30. The number of halogens is 3. The molecule has 0 spiro atoms. The van der Waals surface area contributed by atoms with Crippen molar-refractivity contribution in [2.75, 3.05) is 25.5 Å². The Morgan fingerprint density at radius 1 is 0.960 bits per heavy atom. The van der Waals surface area contributed by atoms with E-state index in [0.29, 0.717) is 29.2 Å². The van der Waals surface area contributed by atoms with Gasteiger partial charge in [-0.1, -0.05) is 60.1 Å². The van der Waals surface area contributed by atoms with Crippen molar-refractivity contribution in [3.05, 3.63) is 130 Å². The summed E-state index contributed by atoms with van der Waals surface area (Å²) in [6, 6.07) is 23.0. The highest BCUT2D eigenvalue weighted by atomic mass is 35.5. The summed E-state index contributed by atoms with van der Waals surface area (Å²) in [4.78, 5) is 26.9. The van der Waals surface area contributed by atoms with E-state index >= 15 is 4.39 Å². The van der Waals surface area contributed by atoms with Gasteiger partial charge in [0.1, 0.15) is 17.7 Å². The molecule has 1 saturated heterocycles. The number of hydrogen-bond donors (Lipinski definition) is 3. The summed E-state index contributed by atoms with van der Waals surface area (Å²) in [6.45, 7) is 2.65. The van der Waals surface area contributed by atoms with Crippen LogP contribution in [-0.2, 0) is 32.4 Å². The minimum atomic E-state index is -3.85. The van der Waals surface area contributed by atoms with Crippen molar-refractivity contribution in [2.24, 2.45) is 0 Å².